The summed E-state index contributed by atoms with van der Waals surface area (Å²) in [6, 6.07) is 0. The van der Waals surface area contributed by atoms with Crippen molar-refractivity contribution in [3.63, 3.8) is 0 Å². The van der Waals surface area contributed by atoms with E-state index in [0.717, 1.165) is 31.6 Å². The summed E-state index contributed by atoms with van der Waals surface area (Å²) in [6.07, 6.45) is 11.4. The van der Waals surface area contributed by atoms with Crippen LogP contribution in [0.4, 0.5) is 0 Å². The van der Waals surface area contributed by atoms with Crippen molar-refractivity contribution in [1.29, 1.82) is 0 Å². The largest absolute Gasteiger partial charge is 0.393 e. The minimum atomic E-state index is -0.0903. The molecule has 0 spiro atoms. The first-order valence-electron chi connectivity index (χ1n) is 7.46. The Morgan fingerprint density at radius 1 is 1.28 bits per heavy atom. The number of likely N-dealkylation sites (tertiary alicyclic amines) is 1. The highest BCUT2D eigenvalue weighted by Crippen LogP contribution is 2.42. The lowest BCUT2D eigenvalue weighted by Gasteiger charge is -2.41. The summed E-state index contributed by atoms with van der Waals surface area (Å²) < 4.78 is 0. The first kappa shape index (κ1) is 12.4. The monoisotopic (exact) mass is 247 g/mol. The summed E-state index contributed by atoms with van der Waals surface area (Å²) in [5, 5.41) is 10.1. The number of aliphatic hydroxyl groups is 1. The van der Waals surface area contributed by atoms with Crippen LogP contribution in [0, 0.1) is 11.8 Å². The van der Waals surface area contributed by atoms with E-state index in [2.05, 4.69) is 24.1 Å². The third kappa shape index (κ3) is 2.41. The molecule has 100 valence electrons. The van der Waals surface area contributed by atoms with Crippen molar-refractivity contribution >= 4 is 0 Å². The molecule has 0 radical (unpaired) electrons. The molecular formula is C16H25NO. The van der Waals surface area contributed by atoms with Crippen LogP contribution >= 0.6 is 0 Å². The highest BCUT2D eigenvalue weighted by molar-refractivity contribution is 5.30. The molecular weight excluding hydrogens is 222 g/mol. The van der Waals surface area contributed by atoms with Crippen LogP contribution in [0.1, 0.15) is 38.5 Å². The second-order valence-corrected chi connectivity index (χ2v) is 6.37. The lowest BCUT2D eigenvalue weighted by Crippen LogP contribution is -2.39. The van der Waals surface area contributed by atoms with Crippen LogP contribution in [0.25, 0.3) is 0 Å². The second kappa shape index (κ2) is 5.18. The second-order valence-electron chi connectivity index (χ2n) is 6.37. The van der Waals surface area contributed by atoms with Gasteiger partial charge in [-0.2, -0.15) is 0 Å². The molecule has 0 aromatic heterocycles. The predicted octanol–water partition coefficient (Wildman–Crippen LogP) is 2.75. The molecule has 1 N–H and O–H groups in total. The van der Waals surface area contributed by atoms with Gasteiger partial charge in [-0.1, -0.05) is 23.3 Å². The summed E-state index contributed by atoms with van der Waals surface area (Å²) in [6.45, 7) is 2.47. The van der Waals surface area contributed by atoms with Gasteiger partial charge in [0.2, 0.25) is 0 Å². The standard InChI is InChI=1S/C16H25NO/c1-17-8-4-6-13(11-17)16-10-14(18)9-12-5-2-3-7-15(12)16/h2-3,13-14,16,18H,4-11H2,1H3. The molecule has 0 aromatic carbocycles. The average Bonchev–Trinajstić information content (AvgIpc) is 2.37. The molecule has 0 aromatic rings. The molecule has 18 heavy (non-hydrogen) atoms. The summed E-state index contributed by atoms with van der Waals surface area (Å²) >= 11 is 0. The number of rotatable bonds is 1. The molecule has 2 aliphatic carbocycles. The maximum atomic E-state index is 10.1. The van der Waals surface area contributed by atoms with E-state index >= 15 is 0 Å². The third-order valence-electron chi connectivity index (χ3n) is 5.01. The van der Waals surface area contributed by atoms with Crippen LogP contribution in [-0.2, 0) is 0 Å². The number of hydrogen-bond donors (Lipinski definition) is 1. The Balaban J connectivity index is 1.80. The van der Waals surface area contributed by atoms with E-state index < -0.39 is 0 Å². The molecule has 0 saturated carbocycles. The number of hydrogen-bond acceptors (Lipinski definition) is 2. The van der Waals surface area contributed by atoms with Gasteiger partial charge in [-0.05, 0) is 64.0 Å². The SMILES string of the molecule is CN1CCCC(C2CC(O)CC3=C2CC=CC3)C1. The van der Waals surface area contributed by atoms with E-state index in [-0.39, 0.29) is 6.10 Å². The first-order chi connectivity index (χ1) is 8.74. The molecule has 3 unspecified atom stereocenters. The van der Waals surface area contributed by atoms with E-state index in [4.69, 9.17) is 0 Å². The van der Waals surface area contributed by atoms with E-state index in [9.17, 15) is 5.11 Å². The fourth-order valence-corrected chi connectivity index (χ4v) is 4.15. The summed E-state index contributed by atoms with van der Waals surface area (Å²) in [5.41, 5.74) is 3.23. The highest BCUT2D eigenvalue weighted by atomic mass is 16.3. The third-order valence-corrected chi connectivity index (χ3v) is 5.01. The zero-order valence-corrected chi connectivity index (χ0v) is 11.4. The zero-order valence-electron chi connectivity index (χ0n) is 11.4. The Morgan fingerprint density at radius 3 is 2.94 bits per heavy atom. The van der Waals surface area contributed by atoms with Gasteiger partial charge < -0.3 is 10.0 Å². The molecule has 2 nitrogen and oxygen atoms in total. The molecule has 3 atom stereocenters. The number of nitrogens with zero attached hydrogens (tertiary/aromatic N) is 1. The fraction of sp³-hybridized carbons (Fsp3) is 0.750. The van der Waals surface area contributed by atoms with Crippen LogP contribution in [-0.4, -0.2) is 36.2 Å². The maximum absolute atomic E-state index is 10.1. The molecule has 1 aliphatic heterocycles. The van der Waals surface area contributed by atoms with E-state index in [1.165, 1.54) is 25.9 Å². The van der Waals surface area contributed by atoms with Crippen molar-refractivity contribution in [1.82, 2.24) is 4.90 Å². The van der Waals surface area contributed by atoms with Crippen molar-refractivity contribution in [2.75, 3.05) is 20.1 Å². The fourth-order valence-electron chi connectivity index (χ4n) is 4.15. The summed E-state index contributed by atoms with van der Waals surface area (Å²) in [5.74, 6) is 1.42. The Morgan fingerprint density at radius 2 is 2.11 bits per heavy atom. The molecule has 2 heteroatoms. The van der Waals surface area contributed by atoms with Crippen molar-refractivity contribution in [3.8, 4) is 0 Å². The van der Waals surface area contributed by atoms with E-state index in [0.29, 0.717) is 5.92 Å². The van der Waals surface area contributed by atoms with Crippen molar-refractivity contribution < 1.29 is 5.11 Å². The lowest BCUT2D eigenvalue weighted by atomic mass is 9.69. The van der Waals surface area contributed by atoms with Crippen LogP contribution in [0.15, 0.2) is 23.3 Å². The zero-order chi connectivity index (χ0) is 12.5. The lowest BCUT2D eigenvalue weighted by molar-refractivity contribution is 0.0950. The van der Waals surface area contributed by atoms with Crippen LogP contribution in [0.3, 0.4) is 0 Å². The van der Waals surface area contributed by atoms with Gasteiger partial charge in [0.05, 0.1) is 6.10 Å². The predicted molar refractivity (Wildman–Crippen MR) is 74.4 cm³/mol. The van der Waals surface area contributed by atoms with Crippen molar-refractivity contribution in [3.05, 3.63) is 23.3 Å². The molecule has 1 heterocycles. The van der Waals surface area contributed by atoms with Gasteiger partial charge in [-0.25, -0.2) is 0 Å². The Hall–Kier alpha value is -0.600. The first-order valence-corrected chi connectivity index (χ1v) is 7.46. The summed E-state index contributed by atoms with van der Waals surface area (Å²) in [7, 11) is 2.24. The number of piperidine rings is 1. The smallest absolute Gasteiger partial charge is 0.0583 e. The maximum Gasteiger partial charge on any atom is 0.0583 e. The van der Waals surface area contributed by atoms with Crippen LogP contribution in [0.2, 0.25) is 0 Å². The molecule has 1 saturated heterocycles. The Bertz CT molecular complexity index is 371. The average molecular weight is 247 g/mol. The normalized spacial score (nSPS) is 37.8. The van der Waals surface area contributed by atoms with Gasteiger partial charge in [0, 0.05) is 6.54 Å². The van der Waals surface area contributed by atoms with Gasteiger partial charge in [0.15, 0.2) is 0 Å². The van der Waals surface area contributed by atoms with Gasteiger partial charge in [-0.3, -0.25) is 0 Å². The Labute approximate surface area is 110 Å². The van der Waals surface area contributed by atoms with E-state index in [1.807, 2.05) is 0 Å². The molecule has 3 rings (SSSR count). The van der Waals surface area contributed by atoms with Crippen molar-refractivity contribution in [2.45, 2.75) is 44.6 Å². The molecule has 1 fully saturated rings. The van der Waals surface area contributed by atoms with Crippen molar-refractivity contribution in [2.24, 2.45) is 11.8 Å². The molecule has 0 bridgehead atoms. The quantitative estimate of drug-likeness (QED) is 0.720. The van der Waals surface area contributed by atoms with Crippen LogP contribution < -0.4 is 0 Å². The molecule has 0 amide bonds. The number of allylic oxidation sites excluding steroid dienone is 3. The Kier molecular flexibility index (Phi) is 3.58. The van der Waals surface area contributed by atoms with E-state index in [1.54, 1.807) is 11.1 Å². The number of aliphatic hydroxyl groups excluding tert-OH is 1. The van der Waals surface area contributed by atoms with Crippen LogP contribution in [0.5, 0.6) is 0 Å². The minimum absolute atomic E-state index is 0.0903. The van der Waals surface area contributed by atoms with Gasteiger partial charge in [0.1, 0.15) is 0 Å². The highest BCUT2D eigenvalue weighted by Gasteiger charge is 2.34. The molecule has 3 aliphatic rings. The summed E-state index contributed by atoms with van der Waals surface area (Å²) in [4.78, 5) is 2.47. The van der Waals surface area contributed by atoms with Gasteiger partial charge >= 0.3 is 0 Å². The minimum Gasteiger partial charge on any atom is -0.393 e. The van der Waals surface area contributed by atoms with Gasteiger partial charge in [-0.15, -0.1) is 0 Å². The van der Waals surface area contributed by atoms with Gasteiger partial charge in [0.25, 0.3) is 0 Å². The topological polar surface area (TPSA) is 23.5 Å².